The standard InChI is InChI=1S/C25H31NO4S/c27-17-19-8-10-20(11-9-19)18-29-24-16-21(23-7-6-14-31-23)15-22(30-24)25(28)26-12-4-2-1-3-5-13-26/h6-11,14-15,21,24,27H,1-5,12-13,16-18H2/t21-,24+/m0/s1. The number of hydrogen-bond donors (Lipinski definition) is 1. The summed E-state index contributed by atoms with van der Waals surface area (Å²) in [5.74, 6) is 0.527. The van der Waals surface area contributed by atoms with Crippen molar-refractivity contribution in [2.24, 2.45) is 0 Å². The molecule has 3 heterocycles. The van der Waals surface area contributed by atoms with Gasteiger partial charge in [0.05, 0.1) is 13.2 Å². The van der Waals surface area contributed by atoms with E-state index in [4.69, 9.17) is 9.47 Å². The Kier molecular flexibility index (Phi) is 7.78. The van der Waals surface area contributed by atoms with Gasteiger partial charge in [0.2, 0.25) is 6.29 Å². The quantitative estimate of drug-likeness (QED) is 0.688. The molecule has 2 aliphatic rings. The fourth-order valence-corrected chi connectivity index (χ4v) is 4.96. The minimum Gasteiger partial charge on any atom is -0.459 e. The molecule has 1 aromatic carbocycles. The van der Waals surface area contributed by atoms with Crippen LogP contribution in [0.5, 0.6) is 0 Å². The Morgan fingerprint density at radius 1 is 1.06 bits per heavy atom. The number of nitrogens with zero attached hydrogens (tertiary/aromatic N) is 1. The monoisotopic (exact) mass is 441 g/mol. The molecular weight excluding hydrogens is 410 g/mol. The lowest BCUT2D eigenvalue weighted by Gasteiger charge is -2.32. The average Bonchev–Trinajstić information content (AvgIpc) is 3.32. The summed E-state index contributed by atoms with van der Waals surface area (Å²) >= 11 is 1.70. The number of ether oxygens (including phenoxy) is 2. The highest BCUT2D eigenvalue weighted by Gasteiger charge is 2.31. The molecule has 1 amide bonds. The zero-order valence-corrected chi connectivity index (χ0v) is 18.7. The van der Waals surface area contributed by atoms with Crippen molar-refractivity contribution in [3.05, 3.63) is 69.6 Å². The lowest BCUT2D eigenvalue weighted by Crippen LogP contribution is -2.38. The van der Waals surface area contributed by atoms with Crippen LogP contribution in [0.1, 0.15) is 60.4 Å². The summed E-state index contributed by atoms with van der Waals surface area (Å²) in [6, 6.07) is 11.8. The smallest absolute Gasteiger partial charge is 0.288 e. The summed E-state index contributed by atoms with van der Waals surface area (Å²) in [5.41, 5.74) is 1.89. The Balaban J connectivity index is 1.46. The average molecular weight is 442 g/mol. The Morgan fingerprint density at radius 3 is 2.45 bits per heavy atom. The van der Waals surface area contributed by atoms with Gasteiger partial charge in [-0.3, -0.25) is 4.79 Å². The van der Waals surface area contributed by atoms with Gasteiger partial charge in [0.25, 0.3) is 5.91 Å². The van der Waals surface area contributed by atoms with Crippen molar-refractivity contribution in [2.45, 2.75) is 63.9 Å². The van der Waals surface area contributed by atoms with E-state index >= 15 is 0 Å². The second-order valence-corrected chi connectivity index (χ2v) is 9.26. The number of allylic oxidation sites excluding steroid dienone is 1. The number of carbonyl (C=O) groups excluding carboxylic acids is 1. The molecule has 0 aliphatic carbocycles. The second-order valence-electron chi connectivity index (χ2n) is 8.28. The van der Waals surface area contributed by atoms with Crippen molar-refractivity contribution in [3.63, 3.8) is 0 Å². The van der Waals surface area contributed by atoms with Gasteiger partial charge in [0.1, 0.15) is 0 Å². The summed E-state index contributed by atoms with van der Waals surface area (Å²) in [4.78, 5) is 16.5. The third kappa shape index (κ3) is 5.97. The fourth-order valence-electron chi connectivity index (χ4n) is 4.15. The van der Waals surface area contributed by atoms with Crippen LogP contribution in [-0.4, -0.2) is 35.3 Å². The number of rotatable bonds is 6. The van der Waals surface area contributed by atoms with Crippen molar-refractivity contribution < 1.29 is 19.4 Å². The molecule has 2 aliphatic heterocycles. The molecule has 1 aromatic heterocycles. The number of amides is 1. The van der Waals surface area contributed by atoms with Crippen molar-refractivity contribution in [2.75, 3.05) is 13.1 Å². The molecule has 31 heavy (non-hydrogen) atoms. The van der Waals surface area contributed by atoms with Crippen LogP contribution < -0.4 is 0 Å². The third-order valence-electron chi connectivity index (χ3n) is 5.96. The van der Waals surface area contributed by atoms with Crippen LogP contribution in [0.25, 0.3) is 0 Å². The van der Waals surface area contributed by atoms with E-state index < -0.39 is 6.29 Å². The van der Waals surface area contributed by atoms with Crippen molar-refractivity contribution in [3.8, 4) is 0 Å². The molecule has 0 saturated carbocycles. The summed E-state index contributed by atoms with van der Waals surface area (Å²) in [7, 11) is 0. The Labute approximate surface area is 188 Å². The molecule has 0 bridgehead atoms. The molecule has 2 aromatic rings. The van der Waals surface area contributed by atoms with Gasteiger partial charge in [0.15, 0.2) is 5.76 Å². The number of likely N-dealkylation sites (tertiary alicyclic amines) is 1. The van der Waals surface area contributed by atoms with E-state index in [1.807, 2.05) is 41.3 Å². The number of aliphatic hydroxyl groups excluding tert-OH is 1. The maximum atomic E-state index is 13.3. The minimum absolute atomic E-state index is 0.0101. The van der Waals surface area contributed by atoms with Gasteiger partial charge in [-0.15, -0.1) is 11.3 Å². The van der Waals surface area contributed by atoms with Crippen LogP contribution in [0.3, 0.4) is 0 Å². The predicted octanol–water partition coefficient (Wildman–Crippen LogP) is 4.96. The van der Waals surface area contributed by atoms with E-state index in [1.54, 1.807) is 11.3 Å². The summed E-state index contributed by atoms with van der Waals surface area (Å²) < 4.78 is 12.2. The van der Waals surface area contributed by atoms with Crippen molar-refractivity contribution in [1.29, 1.82) is 0 Å². The molecule has 5 nitrogen and oxygen atoms in total. The second kappa shape index (κ2) is 10.9. The molecule has 0 unspecified atom stereocenters. The molecule has 166 valence electrons. The first-order valence-corrected chi connectivity index (χ1v) is 12.1. The zero-order valence-electron chi connectivity index (χ0n) is 17.9. The van der Waals surface area contributed by atoms with E-state index in [0.717, 1.165) is 37.1 Å². The van der Waals surface area contributed by atoms with Gasteiger partial charge in [-0.05, 0) is 41.5 Å². The summed E-state index contributed by atoms with van der Waals surface area (Å²) in [6.45, 7) is 2.03. The van der Waals surface area contributed by atoms with E-state index in [9.17, 15) is 9.90 Å². The zero-order chi connectivity index (χ0) is 21.5. The minimum atomic E-state index is -0.469. The van der Waals surface area contributed by atoms with Gasteiger partial charge in [-0.1, -0.05) is 49.6 Å². The molecule has 1 N–H and O–H groups in total. The predicted molar refractivity (Wildman–Crippen MR) is 121 cm³/mol. The van der Waals surface area contributed by atoms with E-state index in [2.05, 4.69) is 11.4 Å². The van der Waals surface area contributed by atoms with E-state index in [0.29, 0.717) is 18.8 Å². The molecule has 4 rings (SSSR count). The highest BCUT2D eigenvalue weighted by Crippen LogP contribution is 2.34. The Morgan fingerprint density at radius 2 is 1.77 bits per heavy atom. The van der Waals surface area contributed by atoms with Crippen LogP contribution in [0.2, 0.25) is 0 Å². The highest BCUT2D eigenvalue weighted by atomic mass is 32.1. The molecule has 6 heteroatoms. The van der Waals surface area contributed by atoms with E-state index in [1.165, 1.54) is 24.1 Å². The van der Waals surface area contributed by atoms with Gasteiger partial charge in [-0.2, -0.15) is 0 Å². The lowest BCUT2D eigenvalue weighted by molar-refractivity contribution is -0.156. The first-order chi connectivity index (χ1) is 15.2. The molecule has 1 fully saturated rings. The fraction of sp³-hybridized carbons (Fsp3) is 0.480. The number of aliphatic hydroxyl groups is 1. The van der Waals surface area contributed by atoms with Gasteiger partial charge >= 0.3 is 0 Å². The Bertz CT molecular complexity index is 854. The van der Waals surface area contributed by atoms with Crippen LogP contribution >= 0.6 is 11.3 Å². The number of hydrogen-bond acceptors (Lipinski definition) is 5. The number of carbonyl (C=O) groups is 1. The van der Waals surface area contributed by atoms with E-state index in [-0.39, 0.29) is 18.4 Å². The van der Waals surface area contributed by atoms with Crippen molar-refractivity contribution >= 4 is 17.2 Å². The highest BCUT2D eigenvalue weighted by molar-refractivity contribution is 7.10. The first-order valence-electron chi connectivity index (χ1n) is 11.2. The summed E-state index contributed by atoms with van der Waals surface area (Å²) in [5, 5.41) is 11.3. The molecule has 1 saturated heterocycles. The van der Waals surface area contributed by atoms with Crippen LogP contribution in [0, 0.1) is 0 Å². The molecule has 2 atom stereocenters. The van der Waals surface area contributed by atoms with Gasteiger partial charge in [-0.25, -0.2) is 0 Å². The van der Waals surface area contributed by atoms with Gasteiger partial charge < -0.3 is 19.5 Å². The third-order valence-corrected chi connectivity index (χ3v) is 6.97. The van der Waals surface area contributed by atoms with Crippen LogP contribution in [0.4, 0.5) is 0 Å². The van der Waals surface area contributed by atoms with Crippen LogP contribution in [0.15, 0.2) is 53.6 Å². The SMILES string of the molecule is O=C(C1=C[C@H](c2cccs2)C[C@H](OCc2ccc(CO)cc2)O1)N1CCCCCCC1. The first kappa shape index (κ1) is 22.1. The molecular formula is C25H31NO4S. The number of benzene rings is 1. The maximum Gasteiger partial charge on any atom is 0.288 e. The normalized spacial score (nSPS) is 22.2. The lowest BCUT2D eigenvalue weighted by atomic mass is 9.99. The topological polar surface area (TPSA) is 59.0 Å². The molecule has 0 radical (unpaired) electrons. The van der Waals surface area contributed by atoms with Gasteiger partial charge in [0, 0.05) is 30.3 Å². The summed E-state index contributed by atoms with van der Waals surface area (Å²) in [6.07, 6.45) is 7.94. The van der Waals surface area contributed by atoms with Crippen LogP contribution in [-0.2, 0) is 27.5 Å². The largest absolute Gasteiger partial charge is 0.459 e. The molecule has 0 spiro atoms. The maximum absolute atomic E-state index is 13.3. The number of thiophene rings is 1. The Hall–Kier alpha value is -2.15. The van der Waals surface area contributed by atoms with Crippen molar-refractivity contribution in [1.82, 2.24) is 4.90 Å².